The summed E-state index contributed by atoms with van der Waals surface area (Å²) >= 11 is 0. The van der Waals surface area contributed by atoms with Gasteiger partial charge < -0.3 is 21.3 Å². The van der Waals surface area contributed by atoms with E-state index in [-0.39, 0.29) is 12.1 Å². The Balaban J connectivity index is 2.10. The van der Waals surface area contributed by atoms with Crippen molar-refractivity contribution in [1.82, 2.24) is 0 Å². The molecule has 4 heteroatoms. The Morgan fingerprint density at radius 3 is 1.03 bits per heavy atom. The van der Waals surface area contributed by atoms with Crippen molar-refractivity contribution in [3.63, 3.8) is 0 Å². The molecule has 0 saturated carbocycles. The first-order valence-electron chi connectivity index (χ1n) is 11.8. The third kappa shape index (κ3) is 6.48. The number of hydrogen-bond acceptors (Lipinski definition) is 4. The van der Waals surface area contributed by atoms with E-state index in [9.17, 15) is 0 Å². The number of nitrogens with zero attached hydrogens (tertiary/aromatic N) is 2. The van der Waals surface area contributed by atoms with Gasteiger partial charge in [0.1, 0.15) is 0 Å². The molecule has 0 aromatic heterocycles. The molecule has 4 nitrogen and oxygen atoms in total. The molecule has 2 aromatic rings. The summed E-state index contributed by atoms with van der Waals surface area (Å²) in [5, 5.41) is 0. The Morgan fingerprint density at radius 2 is 0.800 bits per heavy atom. The fraction of sp³-hybridized carbons (Fsp3) is 0.538. The molecule has 4 N–H and O–H groups in total. The Kier molecular flexibility index (Phi) is 10.2. The summed E-state index contributed by atoms with van der Waals surface area (Å²) in [5.41, 5.74) is 17.8. The highest BCUT2D eigenvalue weighted by molar-refractivity contribution is 5.50. The van der Waals surface area contributed by atoms with Gasteiger partial charge >= 0.3 is 0 Å². The monoisotopic (exact) mass is 410 g/mol. The average Bonchev–Trinajstić information content (AvgIpc) is 2.78. The maximum Gasteiger partial charge on any atom is 0.0491 e. The minimum Gasteiger partial charge on any atom is -0.372 e. The Labute approximate surface area is 184 Å². The third-order valence-electron chi connectivity index (χ3n) is 5.65. The summed E-state index contributed by atoms with van der Waals surface area (Å²) in [6.07, 6.45) is 4.60. The average molecular weight is 411 g/mol. The predicted molar refractivity (Wildman–Crippen MR) is 132 cm³/mol. The van der Waals surface area contributed by atoms with Crippen molar-refractivity contribution in [2.75, 3.05) is 36.0 Å². The van der Waals surface area contributed by atoms with Crippen LogP contribution in [0, 0.1) is 0 Å². The molecule has 0 unspecified atom stereocenters. The van der Waals surface area contributed by atoms with Gasteiger partial charge in [-0.05, 0) is 61.1 Å². The molecule has 2 rings (SSSR count). The first-order valence-corrected chi connectivity index (χ1v) is 11.8. The minimum atomic E-state index is -0.224. The molecule has 0 spiro atoms. The maximum absolute atomic E-state index is 6.56. The summed E-state index contributed by atoms with van der Waals surface area (Å²) in [5.74, 6) is 0. The highest BCUT2D eigenvalue weighted by atomic mass is 15.1. The topological polar surface area (TPSA) is 58.5 Å². The normalized spacial score (nSPS) is 13.1. The molecule has 0 bridgehead atoms. The second kappa shape index (κ2) is 12.6. The fourth-order valence-electron chi connectivity index (χ4n) is 4.05. The Morgan fingerprint density at radius 1 is 0.533 bits per heavy atom. The lowest BCUT2D eigenvalue weighted by Gasteiger charge is -2.26. The Bertz CT molecular complexity index is 635. The van der Waals surface area contributed by atoms with E-state index in [0.717, 1.165) is 63.0 Å². The van der Waals surface area contributed by atoms with Gasteiger partial charge in [0.15, 0.2) is 0 Å². The number of benzene rings is 2. The van der Waals surface area contributed by atoms with E-state index < -0.39 is 0 Å². The van der Waals surface area contributed by atoms with E-state index in [0.29, 0.717) is 0 Å². The highest BCUT2D eigenvalue weighted by Crippen LogP contribution is 2.28. The van der Waals surface area contributed by atoms with Crippen LogP contribution in [0.4, 0.5) is 11.4 Å². The molecule has 2 atom stereocenters. The first kappa shape index (κ1) is 24.2. The molecule has 0 aliphatic heterocycles. The van der Waals surface area contributed by atoms with Crippen molar-refractivity contribution < 1.29 is 0 Å². The summed E-state index contributed by atoms with van der Waals surface area (Å²) in [4.78, 5) is 4.87. The van der Waals surface area contributed by atoms with Crippen LogP contribution in [0.1, 0.15) is 76.6 Å². The molecule has 0 aliphatic carbocycles. The van der Waals surface area contributed by atoms with Gasteiger partial charge in [-0.2, -0.15) is 0 Å². The molecule has 0 saturated heterocycles. The summed E-state index contributed by atoms with van der Waals surface area (Å²) < 4.78 is 0. The molecule has 166 valence electrons. The van der Waals surface area contributed by atoms with E-state index in [1.165, 1.54) is 11.4 Å². The second-order valence-corrected chi connectivity index (χ2v) is 8.21. The van der Waals surface area contributed by atoms with Gasteiger partial charge in [0.25, 0.3) is 0 Å². The molecule has 0 amide bonds. The minimum absolute atomic E-state index is 0.224. The lowest BCUT2D eigenvalue weighted by Crippen LogP contribution is -2.27. The third-order valence-corrected chi connectivity index (χ3v) is 5.65. The first-order chi connectivity index (χ1) is 14.5. The lowest BCUT2D eigenvalue weighted by atomic mass is 9.94. The van der Waals surface area contributed by atoms with Crippen LogP contribution in [0.25, 0.3) is 0 Å². The molecule has 0 heterocycles. The van der Waals surface area contributed by atoms with Gasteiger partial charge in [-0.25, -0.2) is 0 Å². The molecule has 2 aromatic carbocycles. The highest BCUT2D eigenvalue weighted by Gasteiger charge is 2.18. The maximum atomic E-state index is 6.56. The van der Waals surface area contributed by atoms with E-state index in [1.54, 1.807) is 0 Å². The largest absolute Gasteiger partial charge is 0.372 e. The van der Waals surface area contributed by atoms with E-state index in [4.69, 9.17) is 11.5 Å². The summed E-state index contributed by atoms with van der Waals surface area (Å²) in [6.45, 7) is 13.2. The van der Waals surface area contributed by atoms with Gasteiger partial charge in [0.2, 0.25) is 0 Å². The van der Waals surface area contributed by atoms with Crippen LogP contribution in [0.3, 0.4) is 0 Å². The number of anilines is 2. The smallest absolute Gasteiger partial charge is 0.0491 e. The molecule has 30 heavy (non-hydrogen) atoms. The van der Waals surface area contributed by atoms with Crippen LogP contribution in [-0.2, 0) is 0 Å². The van der Waals surface area contributed by atoms with Crippen molar-refractivity contribution in [1.29, 1.82) is 0 Å². The molecule has 0 aliphatic rings. The zero-order valence-corrected chi connectivity index (χ0v) is 19.5. The number of hydrogen-bond donors (Lipinski definition) is 2. The van der Waals surface area contributed by atoms with Crippen LogP contribution in [0.2, 0.25) is 0 Å². The quantitative estimate of drug-likeness (QED) is 0.449. The van der Waals surface area contributed by atoms with Crippen LogP contribution in [-0.4, -0.2) is 26.2 Å². The van der Waals surface area contributed by atoms with E-state index in [1.807, 2.05) is 0 Å². The molecular formula is C26H42N4. The van der Waals surface area contributed by atoms with Gasteiger partial charge in [0.05, 0.1) is 0 Å². The van der Waals surface area contributed by atoms with Gasteiger partial charge in [-0.15, -0.1) is 0 Å². The van der Waals surface area contributed by atoms with Crippen molar-refractivity contribution >= 4 is 11.4 Å². The fourth-order valence-corrected chi connectivity index (χ4v) is 4.05. The second-order valence-electron chi connectivity index (χ2n) is 8.21. The van der Waals surface area contributed by atoms with Crippen LogP contribution < -0.4 is 21.3 Å². The molecule has 0 radical (unpaired) electrons. The molecular weight excluding hydrogens is 368 g/mol. The standard InChI is InChI=1S/C26H42N4/c1-5-17-29(18-6-2)23-13-9-21(10-14-23)25(27)26(28)22-11-15-24(16-12-22)30(19-7-3)20-8-4/h9-16,25-26H,5-8,17-20,27-28H2,1-4H3/t25-,26-/m1/s1. The SMILES string of the molecule is CCCN(CCC)c1ccc([C@@H](N)[C@H](N)c2ccc(N(CCC)CCC)cc2)cc1. The summed E-state index contributed by atoms with van der Waals surface area (Å²) in [6, 6.07) is 16.8. The number of rotatable bonds is 13. The zero-order chi connectivity index (χ0) is 21.9. The van der Waals surface area contributed by atoms with Gasteiger partial charge in [-0.3, -0.25) is 0 Å². The number of nitrogens with two attached hydrogens (primary N) is 2. The van der Waals surface area contributed by atoms with Gasteiger partial charge in [-0.1, -0.05) is 52.0 Å². The van der Waals surface area contributed by atoms with E-state index in [2.05, 4.69) is 86.0 Å². The molecule has 0 fully saturated rings. The lowest BCUT2D eigenvalue weighted by molar-refractivity contribution is 0.574. The summed E-state index contributed by atoms with van der Waals surface area (Å²) in [7, 11) is 0. The predicted octanol–water partition coefficient (Wildman–Crippen LogP) is 5.64. The van der Waals surface area contributed by atoms with Gasteiger partial charge in [0, 0.05) is 49.6 Å². The van der Waals surface area contributed by atoms with Crippen LogP contribution >= 0.6 is 0 Å². The van der Waals surface area contributed by atoms with Crippen molar-refractivity contribution in [3.8, 4) is 0 Å². The van der Waals surface area contributed by atoms with Crippen molar-refractivity contribution in [3.05, 3.63) is 59.7 Å². The Hall–Kier alpha value is -2.04. The van der Waals surface area contributed by atoms with Crippen molar-refractivity contribution in [2.24, 2.45) is 11.5 Å². The van der Waals surface area contributed by atoms with Crippen LogP contribution in [0.5, 0.6) is 0 Å². The van der Waals surface area contributed by atoms with Crippen LogP contribution in [0.15, 0.2) is 48.5 Å². The van der Waals surface area contributed by atoms with Crippen molar-refractivity contribution in [2.45, 2.75) is 65.5 Å². The van der Waals surface area contributed by atoms with E-state index >= 15 is 0 Å². The zero-order valence-electron chi connectivity index (χ0n) is 19.5.